The van der Waals surface area contributed by atoms with Gasteiger partial charge in [-0.05, 0) is 47.0 Å². The highest BCUT2D eigenvalue weighted by Crippen LogP contribution is 2.41. The maximum absolute atomic E-state index is 12.7. The van der Waals surface area contributed by atoms with Crippen molar-refractivity contribution in [2.24, 2.45) is 0 Å². The Kier molecular flexibility index (Phi) is 4.97. The van der Waals surface area contributed by atoms with Crippen molar-refractivity contribution in [1.29, 1.82) is 0 Å². The number of unbranched alkanes of at least 4 members (excludes halogenated alkanes) is 2. The van der Waals surface area contributed by atoms with Gasteiger partial charge in [0.25, 0.3) is 0 Å². The monoisotopic (exact) mass is 298 g/mol. The summed E-state index contributed by atoms with van der Waals surface area (Å²) in [6.07, 6.45) is 3.73. The predicted octanol–water partition coefficient (Wildman–Crippen LogP) is 6.18. The van der Waals surface area contributed by atoms with Crippen LogP contribution in [0, 0.1) is 0 Å². The van der Waals surface area contributed by atoms with Crippen molar-refractivity contribution < 1.29 is 13.2 Å². The Hall–Kier alpha value is -1.16. The number of fused-ring (bicyclic) bond motifs is 1. The molecule has 0 radical (unpaired) electrons. The summed E-state index contributed by atoms with van der Waals surface area (Å²) in [4.78, 5) is 0.340. The van der Waals surface area contributed by atoms with Crippen molar-refractivity contribution in [3.63, 3.8) is 0 Å². The van der Waals surface area contributed by atoms with Crippen LogP contribution in [-0.4, -0.2) is 5.51 Å². The van der Waals surface area contributed by atoms with E-state index in [0.717, 1.165) is 35.6 Å². The number of thioether (sulfide) groups is 1. The Bertz CT molecular complexity index is 575. The normalized spacial score (nSPS) is 12.0. The lowest BCUT2D eigenvalue weighted by Gasteiger charge is -2.14. The van der Waals surface area contributed by atoms with Crippen LogP contribution in [0.3, 0.4) is 0 Å². The summed E-state index contributed by atoms with van der Waals surface area (Å²) in [5.41, 5.74) is -3.40. The Morgan fingerprint density at radius 3 is 2.45 bits per heavy atom. The lowest BCUT2D eigenvalue weighted by molar-refractivity contribution is -0.0328. The molecule has 0 saturated heterocycles. The van der Waals surface area contributed by atoms with Gasteiger partial charge in [-0.15, -0.1) is 0 Å². The first-order valence-corrected chi connectivity index (χ1v) is 7.59. The van der Waals surface area contributed by atoms with E-state index in [0.29, 0.717) is 11.3 Å². The fourth-order valence-corrected chi connectivity index (χ4v) is 3.07. The summed E-state index contributed by atoms with van der Waals surface area (Å²) in [6, 6.07) is 11.0. The zero-order valence-electron chi connectivity index (χ0n) is 11.3. The van der Waals surface area contributed by atoms with Crippen LogP contribution in [0.5, 0.6) is 0 Å². The van der Waals surface area contributed by atoms with E-state index >= 15 is 0 Å². The first kappa shape index (κ1) is 15.2. The number of benzene rings is 2. The summed E-state index contributed by atoms with van der Waals surface area (Å²) in [7, 11) is 0. The largest absolute Gasteiger partial charge is 0.446 e. The summed E-state index contributed by atoms with van der Waals surface area (Å²) in [5.74, 6) is 0. The highest BCUT2D eigenvalue weighted by Gasteiger charge is 2.30. The molecule has 0 amide bonds. The quantitative estimate of drug-likeness (QED) is 0.469. The van der Waals surface area contributed by atoms with Gasteiger partial charge in [0.05, 0.1) is 0 Å². The van der Waals surface area contributed by atoms with Gasteiger partial charge in [-0.1, -0.05) is 50.1 Å². The van der Waals surface area contributed by atoms with E-state index < -0.39 is 5.51 Å². The molecule has 2 rings (SSSR count). The summed E-state index contributed by atoms with van der Waals surface area (Å²) >= 11 is 0.000242. The van der Waals surface area contributed by atoms with E-state index in [4.69, 9.17) is 0 Å². The van der Waals surface area contributed by atoms with Crippen molar-refractivity contribution in [3.8, 4) is 0 Å². The minimum Gasteiger partial charge on any atom is -0.160 e. The van der Waals surface area contributed by atoms with E-state index in [1.807, 2.05) is 24.3 Å². The third kappa shape index (κ3) is 3.92. The SMILES string of the molecule is CCCCCc1c(SC(F)(F)F)ccc2ccccc12. The Balaban J connectivity index is 2.41. The summed E-state index contributed by atoms with van der Waals surface area (Å²) in [5, 5.41) is 1.95. The van der Waals surface area contributed by atoms with Gasteiger partial charge in [0, 0.05) is 4.90 Å². The fourth-order valence-electron chi connectivity index (χ4n) is 2.35. The van der Waals surface area contributed by atoms with E-state index in [1.54, 1.807) is 12.1 Å². The second-order valence-electron chi connectivity index (χ2n) is 4.77. The van der Waals surface area contributed by atoms with E-state index in [2.05, 4.69) is 6.92 Å². The van der Waals surface area contributed by atoms with Crippen molar-refractivity contribution in [1.82, 2.24) is 0 Å². The van der Waals surface area contributed by atoms with E-state index in [9.17, 15) is 13.2 Å². The van der Waals surface area contributed by atoms with Crippen LogP contribution in [-0.2, 0) is 6.42 Å². The van der Waals surface area contributed by atoms with Crippen LogP contribution >= 0.6 is 11.8 Å². The van der Waals surface area contributed by atoms with Crippen LogP contribution in [0.4, 0.5) is 13.2 Å². The highest BCUT2D eigenvalue weighted by atomic mass is 32.2. The molecule has 0 aromatic heterocycles. The molecule has 0 nitrogen and oxygen atoms in total. The van der Waals surface area contributed by atoms with Gasteiger partial charge in [-0.3, -0.25) is 0 Å². The Morgan fingerprint density at radius 2 is 1.75 bits per heavy atom. The van der Waals surface area contributed by atoms with Crippen LogP contribution < -0.4 is 0 Å². The van der Waals surface area contributed by atoms with Crippen LogP contribution in [0.25, 0.3) is 10.8 Å². The smallest absolute Gasteiger partial charge is 0.160 e. The molecule has 0 N–H and O–H groups in total. The fraction of sp³-hybridized carbons (Fsp3) is 0.375. The number of hydrogen-bond donors (Lipinski definition) is 0. The molecule has 0 aliphatic carbocycles. The van der Waals surface area contributed by atoms with Gasteiger partial charge in [0.2, 0.25) is 0 Å². The molecule has 0 spiro atoms. The topological polar surface area (TPSA) is 0 Å². The van der Waals surface area contributed by atoms with Crippen molar-refractivity contribution >= 4 is 22.5 Å². The van der Waals surface area contributed by atoms with Gasteiger partial charge in [-0.25, -0.2) is 0 Å². The highest BCUT2D eigenvalue weighted by molar-refractivity contribution is 8.00. The lowest BCUT2D eigenvalue weighted by atomic mass is 10.00. The van der Waals surface area contributed by atoms with Gasteiger partial charge < -0.3 is 0 Å². The molecule has 0 aliphatic rings. The molecule has 2 aromatic rings. The van der Waals surface area contributed by atoms with Crippen LogP contribution in [0.1, 0.15) is 31.7 Å². The van der Waals surface area contributed by atoms with Gasteiger partial charge in [0.1, 0.15) is 0 Å². The number of halogens is 3. The molecule has 0 heterocycles. The minimum atomic E-state index is -4.23. The molecule has 0 fully saturated rings. The number of aryl methyl sites for hydroxylation is 1. The third-order valence-corrected chi connectivity index (χ3v) is 4.09. The average molecular weight is 298 g/mol. The second-order valence-corrected chi connectivity index (χ2v) is 5.88. The molecular formula is C16H17F3S. The zero-order chi connectivity index (χ0) is 14.6. The van der Waals surface area contributed by atoms with Crippen LogP contribution in [0.2, 0.25) is 0 Å². The zero-order valence-corrected chi connectivity index (χ0v) is 12.2. The molecular weight excluding hydrogens is 281 g/mol. The molecule has 0 atom stereocenters. The molecule has 4 heteroatoms. The number of rotatable bonds is 5. The second kappa shape index (κ2) is 6.53. The summed E-state index contributed by atoms with van der Waals surface area (Å²) in [6.45, 7) is 2.09. The molecule has 0 bridgehead atoms. The Morgan fingerprint density at radius 1 is 1.00 bits per heavy atom. The number of hydrogen-bond acceptors (Lipinski definition) is 1. The number of alkyl halides is 3. The van der Waals surface area contributed by atoms with Gasteiger partial charge in [0.15, 0.2) is 0 Å². The van der Waals surface area contributed by atoms with Crippen molar-refractivity contribution in [2.75, 3.05) is 0 Å². The maximum Gasteiger partial charge on any atom is 0.446 e. The third-order valence-electron chi connectivity index (χ3n) is 3.25. The Labute approximate surface area is 121 Å². The molecule has 2 aromatic carbocycles. The van der Waals surface area contributed by atoms with Crippen molar-refractivity contribution in [3.05, 3.63) is 42.0 Å². The van der Waals surface area contributed by atoms with Crippen LogP contribution in [0.15, 0.2) is 41.3 Å². The summed E-state index contributed by atoms with van der Waals surface area (Å²) < 4.78 is 38.0. The van der Waals surface area contributed by atoms with Crippen molar-refractivity contribution in [2.45, 2.75) is 43.0 Å². The van der Waals surface area contributed by atoms with E-state index in [-0.39, 0.29) is 11.8 Å². The molecule has 20 heavy (non-hydrogen) atoms. The van der Waals surface area contributed by atoms with E-state index in [1.165, 1.54) is 0 Å². The molecule has 0 aliphatic heterocycles. The molecule has 0 saturated carbocycles. The van der Waals surface area contributed by atoms with Gasteiger partial charge >= 0.3 is 5.51 Å². The lowest BCUT2D eigenvalue weighted by Crippen LogP contribution is -2.02. The molecule has 108 valence electrons. The predicted molar refractivity (Wildman–Crippen MR) is 79.1 cm³/mol. The maximum atomic E-state index is 12.7. The van der Waals surface area contributed by atoms with Gasteiger partial charge in [-0.2, -0.15) is 13.2 Å². The minimum absolute atomic E-state index is 0.000242. The first-order chi connectivity index (χ1) is 9.51. The average Bonchev–Trinajstić information content (AvgIpc) is 2.39. The first-order valence-electron chi connectivity index (χ1n) is 6.77. The molecule has 0 unspecified atom stereocenters. The standard InChI is InChI=1S/C16H17F3S/c1-2-3-4-9-14-13-8-6-5-7-12(13)10-11-15(14)20-16(17,18)19/h5-8,10-11H,2-4,9H2,1H3.